The SMILES string of the molecule is C=C(C)COc1ccccc1NC(=O)CNc1ccccc1OC. The van der Waals surface area contributed by atoms with Crippen LogP contribution >= 0.6 is 0 Å². The van der Waals surface area contributed by atoms with Crippen LogP contribution in [0.4, 0.5) is 11.4 Å². The maximum atomic E-state index is 12.2. The first-order chi connectivity index (χ1) is 11.6. The molecule has 2 N–H and O–H groups in total. The number of carbonyl (C=O) groups excluding carboxylic acids is 1. The normalized spacial score (nSPS) is 9.92. The molecule has 5 nitrogen and oxygen atoms in total. The average molecular weight is 326 g/mol. The minimum atomic E-state index is -0.174. The van der Waals surface area contributed by atoms with Crippen LogP contribution in [0.1, 0.15) is 6.92 Å². The van der Waals surface area contributed by atoms with Crippen LogP contribution in [0.25, 0.3) is 0 Å². The minimum Gasteiger partial charge on any atom is -0.495 e. The molecule has 0 fully saturated rings. The number of hydrogen-bond donors (Lipinski definition) is 2. The van der Waals surface area contributed by atoms with E-state index in [4.69, 9.17) is 9.47 Å². The quantitative estimate of drug-likeness (QED) is 0.726. The Kier molecular flexibility index (Phi) is 6.25. The Morgan fingerprint density at radius 3 is 2.33 bits per heavy atom. The molecule has 2 rings (SSSR count). The number of rotatable bonds is 8. The summed E-state index contributed by atoms with van der Waals surface area (Å²) in [7, 11) is 1.59. The molecule has 0 spiro atoms. The van der Waals surface area contributed by atoms with E-state index >= 15 is 0 Å². The molecule has 0 saturated carbocycles. The summed E-state index contributed by atoms with van der Waals surface area (Å²) in [6.45, 7) is 6.22. The van der Waals surface area contributed by atoms with Crippen LogP contribution in [-0.2, 0) is 4.79 Å². The van der Waals surface area contributed by atoms with Crippen LogP contribution in [0.2, 0.25) is 0 Å². The van der Waals surface area contributed by atoms with Crippen molar-refractivity contribution in [3.63, 3.8) is 0 Å². The van der Waals surface area contributed by atoms with Gasteiger partial charge in [-0.15, -0.1) is 0 Å². The van der Waals surface area contributed by atoms with Gasteiger partial charge < -0.3 is 20.1 Å². The molecule has 24 heavy (non-hydrogen) atoms. The van der Waals surface area contributed by atoms with Crippen molar-refractivity contribution in [3.8, 4) is 11.5 Å². The van der Waals surface area contributed by atoms with Crippen LogP contribution < -0.4 is 20.1 Å². The number of benzene rings is 2. The standard InChI is InChI=1S/C19H22N2O3/c1-14(2)13-24-18-11-7-5-9-16(18)21-19(22)12-20-15-8-4-6-10-17(15)23-3/h4-11,20H,1,12-13H2,2-3H3,(H,21,22). The zero-order chi connectivity index (χ0) is 17.4. The van der Waals surface area contributed by atoms with Gasteiger partial charge in [-0.25, -0.2) is 0 Å². The molecule has 1 amide bonds. The van der Waals surface area contributed by atoms with Gasteiger partial charge in [0.25, 0.3) is 0 Å². The van der Waals surface area contributed by atoms with Crippen LogP contribution in [0.5, 0.6) is 11.5 Å². The Bertz CT molecular complexity index is 713. The molecule has 0 atom stereocenters. The van der Waals surface area contributed by atoms with Gasteiger partial charge in [-0.3, -0.25) is 4.79 Å². The molecule has 0 heterocycles. The molecule has 0 saturated heterocycles. The number of anilines is 2. The highest BCUT2D eigenvalue weighted by molar-refractivity contribution is 5.95. The van der Waals surface area contributed by atoms with E-state index in [9.17, 15) is 4.79 Å². The molecule has 0 aromatic heterocycles. The molecule has 0 radical (unpaired) electrons. The van der Waals surface area contributed by atoms with Gasteiger partial charge in [-0.1, -0.05) is 30.8 Å². The monoisotopic (exact) mass is 326 g/mol. The van der Waals surface area contributed by atoms with Crippen LogP contribution in [-0.4, -0.2) is 26.2 Å². The Morgan fingerprint density at radius 2 is 1.67 bits per heavy atom. The van der Waals surface area contributed by atoms with Crippen LogP contribution in [0.3, 0.4) is 0 Å². The van der Waals surface area contributed by atoms with Gasteiger partial charge in [0.15, 0.2) is 0 Å². The summed E-state index contributed by atoms with van der Waals surface area (Å²) >= 11 is 0. The number of amides is 1. The maximum Gasteiger partial charge on any atom is 0.243 e. The van der Waals surface area contributed by atoms with E-state index in [-0.39, 0.29) is 12.5 Å². The summed E-state index contributed by atoms with van der Waals surface area (Å²) in [5.41, 5.74) is 2.31. The van der Waals surface area contributed by atoms with E-state index in [1.807, 2.05) is 49.4 Å². The van der Waals surface area contributed by atoms with Crippen molar-refractivity contribution < 1.29 is 14.3 Å². The summed E-state index contributed by atoms with van der Waals surface area (Å²) in [6, 6.07) is 14.8. The zero-order valence-electron chi connectivity index (χ0n) is 14.0. The van der Waals surface area contributed by atoms with Crippen molar-refractivity contribution in [2.45, 2.75) is 6.92 Å². The molecule has 0 unspecified atom stereocenters. The lowest BCUT2D eigenvalue weighted by atomic mass is 10.2. The number of hydrogen-bond acceptors (Lipinski definition) is 4. The molecule has 0 aliphatic rings. The molecule has 2 aromatic carbocycles. The second kappa shape index (κ2) is 8.62. The third kappa shape index (κ3) is 5.05. The fourth-order valence-electron chi connectivity index (χ4n) is 2.06. The molecular formula is C19H22N2O3. The zero-order valence-corrected chi connectivity index (χ0v) is 14.0. The van der Waals surface area contributed by atoms with Crippen LogP contribution in [0.15, 0.2) is 60.7 Å². The highest BCUT2D eigenvalue weighted by atomic mass is 16.5. The Labute approximate surface area is 142 Å². The first-order valence-electron chi connectivity index (χ1n) is 7.63. The van der Waals surface area contributed by atoms with E-state index < -0.39 is 0 Å². The highest BCUT2D eigenvalue weighted by Crippen LogP contribution is 2.25. The molecule has 126 valence electrons. The summed E-state index contributed by atoms with van der Waals surface area (Å²) in [6.07, 6.45) is 0. The Balaban J connectivity index is 1.96. The second-order valence-corrected chi connectivity index (χ2v) is 5.34. The molecule has 5 heteroatoms. The van der Waals surface area contributed by atoms with E-state index in [1.165, 1.54) is 0 Å². The number of methoxy groups -OCH3 is 1. The van der Waals surface area contributed by atoms with Gasteiger partial charge in [0.2, 0.25) is 5.91 Å². The van der Waals surface area contributed by atoms with Gasteiger partial charge in [0, 0.05) is 0 Å². The number of nitrogens with one attached hydrogen (secondary N) is 2. The average Bonchev–Trinajstić information content (AvgIpc) is 2.59. The largest absolute Gasteiger partial charge is 0.495 e. The minimum absolute atomic E-state index is 0.120. The first kappa shape index (κ1) is 17.4. The highest BCUT2D eigenvalue weighted by Gasteiger charge is 2.09. The van der Waals surface area contributed by atoms with Crippen molar-refractivity contribution in [1.82, 2.24) is 0 Å². The third-order valence-electron chi connectivity index (χ3n) is 3.18. The van der Waals surface area contributed by atoms with E-state index in [2.05, 4.69) is 17.2 Å². The van der Waals surface area contributed by atoms with Gasteiger partial charge in [0.1, 0.15) is 18.1 Å². The third-order valence-corrected chi connectivity index (χ3v) is 3.18. The molecule has 2 aromatic rings. The lowest BCUT2D eigenvalue weighted by molar-refractivity contribution is -0.114. The van der Waals surface area contributed by atoms with E-state index in [0.29, 0.717) is 23.8 Å². The van der Waals surface area contributed by atoms with Crippen molar-refractivity contribution in [1.29, 1.82) is 0 Å². The second-order valence-electron chi connectivity index (χ2n) is 5.34. The molecular weight excluding hydrogens is 304 g/mol. The predicted molar refractivity (Wildman–Crippen MR) is 96.9 cm³/mol. The Morgan fingerprint density at radius 1 is 1.04 bits per heavy atom. The van der Waals surface area contributed by atoms with Gasteiger partial charge in [0.05, 0.1) is 25.0 Å². The lowest BCUT2D eigenvalue weighted by Crippen LogP contribution is -2.22. The number of para-hydroxylation sites is 4. The number of ether oxygens (including phenoxy) is 2. The molecule has 0 aliphatic carbocycles. The smallest absolute Gasteiger partial charge is 0.243 e. The van der Waals surface area contributed by atoms with Crippen molar-refractivity contribution in [2.75, 3.05) is 30.9 Å². The predicted octanol–water partition coefficient (Wildman–Crippen LogP) is 3.70. The van der Waals surface area contributed by atoms with Crippen molar-refractivity contribution >= 4 is 17.3 Å². The molecule has 0 bridgehead atoms. The summed E-state index contributed by atoms with van der Waals surface area (Å²) in [4.78, 5) is 12.2. The van der Waals surface area contributed by atoms with Crippen molar-refractivity contribution in [2.24, 2.45) is 0 Å². The van der Waals surface area contributed by atoms with E-state index in [1.54, 1.807) is 13.2 Å². The first-order valence-corrected chi connectivity index (χ1v) is 7.63. The fourth-order valence-corrected chi connectivity index (χ4v) is 2.06. The van der Waals surface area contributed by atoms with Gasteiger partial charge in [-0.05, 0) is 36.8 Å². The maximum absolute atomic E-state index is 12.2. The van der Waals surface area contributed by atoms with Gasteiger partial charge >= 0.3 is 0 Å². The topological polar surface area (TPSA) is 59.6 Å². The van der Waals surface area contributed by atoms with Crippen LogP contribution in [0, 0.1) is 0 Å². The summed E-state index contributed by atoms with van der Waals surface area (Å²) in [5.74, 6) is 1.13. The molecule has 0 aliphatic heterocycles. The summed E-state index contributed by atoms with van der Waals surface area (Å²) < 4.78 is 10.9. The van der Waals surface area contributed by atoms with Crippen molar-refractivity contribution in [3.05, 3.63) is 60.7 Å². The van der Waals surface area contributed by atoms with E-state index in [0.717, 1.165) is 11.3 Å². The summed E-state index contributed by atoms with van der Waals surface area (Å²) in [5, 5.41) is 5.91. The van der Waals surface area contributed by atoms with Gasteiger partial charge in [-0.2, -0.15) is 0 Å². The lowest BCUT2D eigenvalue weighted by Gasteiger charge is -2.14. The Hall–Kier alpha value is -2.95. The fraction of sp³-hybridized carbons (Fsp3) is 0.211. The number of carbonyl (C=O) groups is 1.